The van der Waals surface area contributed by atoms with Gasteiger partial charge in [-0.25, -0.2) is 9.59 Å². The molecule has 12 heteroatoms. The molecule has 3 heterocycles. The molecule has 0 saturated carbocycles. The Hall–Kier alpha value is -4.24. The van der Waals surface area contributed by atoms with Gasteiger partial charge >= 0.3 is 11.8 Å². The second-order valence-corrected chi connectivity index (χ2v) is 10.1. The minimum atomic E-state index is -0.928. The number of nitrogens with zero attached hydrogens (tertiary/aromatic N) is 5. The van der Waals surface area contributed by atoms with Gasteiger partial charge in [-0.2, -0.15) is 15.5 Å². The van der Waals surface area contributed by atoms with Crippen molar-refractivity contribution in [3.8, 4) is 17.3 Å². The summed E-state index contributed by atoms with van der Waals surface area (Å²) in [5, 5.41) is 20.8. The predicted octanol–water partition coefficient (Wildman–Crippen LogP) is 2.17. The smallest absolute Gasteiger partial charge is 0.419 e. The van der Waals surface area contributed by atoms with Crippen molar-refractivity contribution in [2.45, 2.75) is 51.4 Å². The maximum Gasteiger partial charge on any atom is 0.419 e. The highest BCUT2D eigenvalue weighted by molar-refractivity contribution is 5.82. The minimum absolute atomic E-state index is 0.0278. The zero-order chi connectivity index (χ0) is 27.4. The van der Waals surface area contributed by atoms with Gasteiger partial charge in [0.15, 0.2) is 11.7 Å². The molecule has 1 aromatic carbocycles. The summed E-state index contributed by atoms with van der Waals surface area (Å²) in [6.07, 6.45) is -0.741. The fraction of sp³-hybridized carbons (Fsp3) is 0.462. The highest BCUT2D eigenvalue weighted by Gasteiger charge is 2.31. The predicted molar refractivity (Wildman–Crippen MR) is 136 cm³/mol. The Morgan fingerprint density at radius 1 is 1.26 bits per heavy atom. The van der Waals surface area contributed by atoms with E-state index in [1.807, 2.05) is 0 Å². The van der Waals surface area contributed by atoms with Crippen LogP contribution in [0.15, 0.2) is 39.5 Å². The molecule has 1 aliphatic heterocycles. The number of nitrogens with one attached hydrogen (secondary N) is 1. The molecule has 1 aliphatic rings. The van der Waals surface area contributed by atoms with Crippen molar-refractivity contribution in [3.05, 3.63) is 46.6 Å². The van der Waals surface area contributed by atoms with E-state index in [2.05, 4.69) is 21.6 Å². The molecule has 200 valence electrons. The lowest BCUT2D eigenvalue weighted by atomic mass is 10.1. The molecule has 1 saturated heterocycles. The molecule has 38 heavy (non-hydrogen) atoms. The Kier molecular flexibility index (Phi) is 7.78. The van der Waals surface area contributed by atoms with Gasteiger partial charge in [-0.1, -0.05) is 0 Å². The van der Waals surface area contributed by atoms with Gasteiger partial charge in [0.1, 0.15) is 11.6 Å². The quantitative estimate of drug-likeness (QED) is 0.531. The van der Waals surface area contributed by atoms with Crippen molar-refractivity contribution in [1.29, 1.82) is 5.26 Å². The lowest BCUT2D eigenvalue weighted by Crippen LogP contribution is -2.48. The van der Waals surface area contributed by atoms with Crippen molar-refractivity contribution < 1.29 is 23.5 Å². The van der Waals surface area contributed by atoms with Crippen LogP contribution in [-0.2, 0) is 27.7 Å². The van der Waals surface area contributed by atoms with Crippen LogP contribution in [0.25, 0.3) is 22.4 Å². The van der Waals surface area contributed by atoms with E-state index < -0.39 is 35.5 Å². The largest absolute Gasteiger partial charge is 0.444 e. The standard InChI is InChI=1S/C26H30N6O6/c1-26(2,3)38-25(35)32-10-5-11-36-22(15-32)23(33)28-18(14-27)13-17-7-8-19(30-29-17)16-6-9-21-20(12-16)31(4)24(34)37-21/h6-9,12,18,22H,5,10-11,13,15H2,1-4H3,(H,28,33)/t18?,22-/m0/s1. The average Bonchev–Trinajstić information content (AvgIpc) is 3.03. The first-order valence-electron chi connectivity index (χ1n) is 12.3. The highest BCUT2D eigenvalue weighted by Crippen LogP contribution is 2.22. The molecule has 4 rings (SSSR count). The Morgan fingerprint density at radius 2 is 2.05 bits per heavy atom. The van der Waals surface area contributed by atoms with E-state index in [4.69, 9.17) is 13.9 Å². The number of hydrogen-bond donors (Lipinski definition) is 1. The number of rotatable bonds is 5. The number of benzene rings is 1. The van der Waals surface area contributed by atoms with E-state index in [0.717, 1.165) is 5.56 Å². The monoisotopic (exact) mass is 522 g/mol. The van der Waals surface area contributed by atoms with Gasteiger partial charge in [-0.3, -0.25) is 9.36 Å². The van der Waals surface area contributed by atoms with Crippen LogP contribution in [0.2, 0.25) is 0 Å². The highest BCUT2D eigenvalue weighted by atomic mass is 16.6. The molecule has 2 atom stereocenters. The van der Waals surface area contributed by atoms with Crippen LogP contribution in [0.3, 0.4) is 0 Å². The molecular weight excluding hydrogens is 492 g/mol. The SMILES string of the molecule is Cn1c(=O)oc2ccc(-c3ccc(CC(C#N)NC(=O)[C@@H]4CN(C(=O)OC(C)(C)C)CCCO4)nn3)cc21. The van der Waals surface area contributed by atoms with Gasteiger partial charge in [0.25, 0.3) is 5.91 Å². The van der Waals surface area contributed by atoms with E-state index in [9.17, 15) is 19.6 Å². The number of ether oxygens (including phenoxy) is 2. The third-order valence-corrected chi connectivity index (χ3v) is 5.91. The van der Waals surface area contributed by atoms with Gasteiger partial charge in [-0.05, 0) is 57.5 Å². The number of nitriles is 1. The van der Waals surface area contributed by atoms with Crippen LogP contribution >= 0.6 is 0 Å². The molecule has 1 fully saturated rings. The van der Waals surface area contributed by atoms with Gasteiger partial charge in [0.2, 0.25) is 0 Å². The number of aromatic nitrogens is 3. The number of aryl methyl sites for hydroxylation is 1. The third-order valence-electron chi connectivity index (χ3n) is 5.91. The van der Waals surface area contributed by atoms with Crippen LogP contribution in [0.1, 0.15) is 32.9 Å². The molecule has 0 radical (unpaired) electrons. The lowest BCUT2D eigenvalue weighted by Gasteiger charge is -2.27. The summed E-state index contributed by atoms with van der Waals surface area (Å²) in [4.78, 5) is 38.6. The summed E-state index contributed by atoms with van der Waals surface area (Å²) in [7, 11) is 1.62. The number of amides is 2. The third kappa shape index (κ3) is 6.36. The van der Waals surface area contributed by atoms with E-state index >= 15 is 0 Å². The van der Waals surface area contributed by atoms with Crippen LogP contribution in [0.4, 0.5) is 4.79 Å². The normalized spacial score (nSPS) is 16.9. The first-order valence-corrected chi connectivity index (χ1v) is 12.3. The first kappa shape index (κ1) is 26.8. The summed E-state index contributed by atoms with van der Waals surface area (Å²) in [5.74, 6) is -0.939. The molecule has 3 aromatic rings. The molecule has 0 spiro atoms. The summed E-state index contributed by atoms with van der Waals surface area (Å²) in [6.45, 7) is 6.07. The second kappa shape index (κ2) is 11.0. The van der Waals surface area contributed by atoms with Crippen LogP contribution in [0, 0.1) is 11.3 Å². The second-order valence-electron chi connectivity index (χ2n) is 10.1. The van der Waals surface area contributed by atoms with Crippen molar-refractivity contribution in [3.63, 3.8) is 0 Å². The Labute approximate surface area is 219 Å². The van der Waals surface area contributed by atoms with Crippen LogP contribution in [-0.4, -0.2) is 69.1 Å². The van der Waals surface area contributed by atoms with E-state index in [0.29, 0.717) is 42.1 Å². The number of fused-ring (bicyclic) bond motifs is 1. The number of oxazole rings is 1. The van der Waals surface area contributed by atoms with Gasteiger partial charge < -0.3 is 24.1 Å². The minimum Gasteiger partial charge on any atom is -0.444 e. The fourth-order valence-electron chi connectivity index (χ4n) is 3.99. The Balaban J connectivity index is 1.39. The molecule has 0 aliphatic carbocycles. The average molecular weight is 523 g/mol. The van der Waals surface area contributed by atoms with E-state index in [1.165, 1.54) is 9.47 Å². The van der Waals surface area contributed by atoms with Crippen molar-refractivity contribution in [2.24, 2.45) is 7.05 Å². The summed E-state index contributed by atoms with van der Waals surface area (Å²) in [5.41, 5.74) is 2.29. The summed E-state index contributed by atoms with van der Waals surface area (Å²) >= 11 is 0. The zero-order valence-corrected chi connectivity index (χ0v) is 21.8. The first-order chi connectivity index (χ1) is 18.0. The Morgan fingerprint density at radius 3 is 2.74 bits per heavy atom. The summed E-state index contributed by atoms with van der Waals surface area (Å²) < 4.78 is 17.6. The van der Waals surface area contributed by atoms with Crippen molar-refractivity contribution in [1.82, 2.24) is 25.0 Å². The van der Waals surface area contributed by atoms with Gasteiger partial charge in [-0.15, -0.1) is 0 Å². The fourth-order valence-corrected chi connectivity index (χ4v) is 3.99. The summed E-state index contributed by atoms with van der Waals surface area (Å²) in [6, 6.07) is 9.94. The van der Waals surface area contributed by atoms with Crippen LogP contribution in [0.5, 0.6) is 0 Å². The molecule has 2 amide bonds. The molecule has 1 N–H and O–H groups in total. The Bertz CT molecular complexity index is 1420. The molecule has 1 unspecified atom stereocenters. The molecule has 2 aromatic heterocycles. The van der Waals surface area contributed by atoms with Gasteiger partial charge in [0.05, 0.1) is 29.5 Å². The topological polar surface area (TPSA) is 153 Å². The zero-order valence-electron chi connectivity index (χ0n) is 21.8. The lowest BCUT2D eigenvalue weighted by molar-refractivity contribution is -0.133. The van der Waals surface area contributed by atoms with E-state index in [1.54, 1.807) is 58.2 Å². The molecule has 12 nitrogen and oxygen atoms in total. The maximum absolute atomic E-state index is 12.9. The van der Waals surface area contributed by atoms with E-state index in [-0.39, 0.29) is 13.0 Å². The number of hydrogen-bond acceptors (Lipinski definition) is 9. The van der Waals surface area contributed by atoms with Crippen molar-refractivity contribution >= 4 is 23.1 Å². The van der Waals surface area contributed by atoms with Crippen molar-refractivity contribution in [2.75, 3.05) is 19.7 Å². The maximum atomic E-state index is 12.9. The van der Waals surface area contributed by atoms with Crippen LogP contribution < -0.4 is 11.1 Å². The molecular formula is C26H30N6O6. The number of carbonyl (C=O) groups excluding carboxylic acids is 2. The number of carbonyl (C=O) groups is 2. The molecule has 0 bridgehead atoms. The van der Waals surface area contributed by atoms with Gasteiger partial charge in [0, 0.05) is 32.2 Å².